The van der Waals surface area contributed by atoms with Gasteiger partial charge in [-0.25, -0.2) is 0 Å². The third-order valence-corrected chi connectivity index (χ3v) is 1.95. The number of alkyl halides is 3. The van der Waals surface area contributed by atoms with Gasteiger partial charge in [-0.2, -0.15) is 13.2 Å². The summed E-state index contributed by atoms with van der Waals surface area (Å²) in [6.07, 6.45) is -2.04. The molecule has 0 radical (unpaired) electrons. The second-order valence-corrected chi connectivity index (χ2v) is 3.09. The summed E-state index contributed by atoms with van der Waals surface area (Å²) in [5.74, 6) is 0. The van der Waals surface area contributed by atoms with Gasteiger partial charge in [-0.15, -0.1) is 0 Å². The van der Waals surface area contributed by atoms with E-state index < -0.39 is 17.8 Å². The first-order valence-electron chi connectivity index (χ1n) is 4.43. The van der Waals surface area contributed by atoms with Crippen molar-refractivity contribution in [1.29, 1.82) is 0 Å². The SMILES string of the molecule is C/C=C/C(O)c1ccc(C(F)(F)F)cc1. The first-order chi connectivity index (χ1) is 6.95. The van der Waals surface area contributed by atoms with Crippen LogP contribution < -0.4 is 0 Å². The van der Waals surface area contributed by atoms with Crippen LogP contribution in [-0.4, -0.2) is 5.11 Å². The van der Waals surface area contributed by atoms with Crippen molar-refractivity contribution >= 4 is 0 Å². The molecule has 1 unspecified atom stereocenters. The normalized spacial score (nSPS) is 14.5. The van der Waals surface area contributed by atoms with Gasteiger partial charge in [-0.05, 0) is 24.6 Å². The van der Waals surface area contributed by atoms with Crippen LogP contribution in [0.2, 0.25) is 0 Å². The summed E-state index contributed by atoms with van der Waals surface area (Å²) in [4.78, 5) is 0. The topological polar surface area (TPSA) is 20.2 Å². The van der Waals surface area contributed by atoms with Gasteiger partial charge in [0.25, 0.3) is 0 Å². The summed E-state index contributed by atoms with van der Waals surface area (Å²) in [5, 5.41) is 9.45. The molecular weight excluding hydrogens is 205 g/mol. The third kappa shape index (κ3) is 3.09. The van der Waals surface area contributed by atoms with E-state index >= 15 is 0 Å². The van der Waals surface area contributed by atoms with Crippen molar-refractivity contribution in [2.24, 2.45) is 0 Å². The summed E-state index contributed by atoms with van der Waals surface area (Å²) >= 11 is 0. The van der Waals surface area contributed by atoms with Crippen molar-refractivity contribution in [2.75, 3.05) is 0 Å². The molecule has 0 spiro atoms. The lowest BCUT2D eigenvalue weighted by molar-refractivity contribution is -0.137. The summed E-state index contributed by atoms with van der Waals surface area (Å²) < 4.78 is 36.6. The predicted octanol–water partition coefficient (Wildman–Crippen LogP) is 3.31. The molecule has 82 valence electrons. The van der Waals surface area contributed by atoms with E-state index in [1.807, 2.05) is 0 Å². The van der Waals surface area contributed by atoms with Gasteiger partial charge < -0.3 is 5.11 Å². The molecule has 1 nitrogen and oxygen atoms in total. The quantitative estimate of drug-likeness (QED) is 0.752. The van der Waals surface area contributed by atoms with Gasteiger partial charge in [-0.1, -0.05) is 24.3 Å². The highest BCUT2D eigenvalue weighted by Gasteiger charge is 2.30. The maximum Gasteiger partial charge on any atom is 0.416 e. The molecule has 0 aliphatic heterocycles. The third-order valence-electron chi connectivity index (χ3n) is 1.95. The maximum absolute atomic E-state index is 12.2. The minimum Gasteiger partial charge on any atom is -0.384 e. The number of allylic oxidation sites excluding steroid dienone is 1. The van der Waals surface area contributed by atoms with Crippen molar-refractivity contribution in [2.45, 2.75) is 19.2 Å². The van der Waals surface area contributed by atoms with Crippen molar-refractivity contribution in [3.05, 3.63) is 47.5 Å². The Labute approximate surface area is 85.9 Å². The first-order valence-corrected chi connectivity index (χ1v) is 4.43. The lowest BCUT2D eigenvalue weighted by Crippen LogP contribution is -2.05. The van der Waals surface area contributed by atoms with Crippen molar-refractivity contribution in [1.82, 2.24) is 0 Å². The number of rotatable bonds is 2. The Morgan fingerprint density at radius 2 is 1.73 bits per heavy atom. The molecule has 0 aromatic heterocycles. The van der Waals surface area contributed by atoms with E-state index in [-0.39, 0.29) is 0 Å². The number of aliphatic hydroxyl groups excluding tert-OH is 1. The molecule has 0 saturated carbocycles. The minimum absolute atomic E-state index is 0.445. The zero-order chi connectivity index (χ0) is 11.5. The minimum atomic E-state index is -4.33. The fraction of sp³-hybridized carbons (Fsp3) is 0.273. The number of benzene rings is 1. The molecule has 1 aromatic carbocycles. The molecule has 0 saturated heterocycles. The van der Waals surface area contributed by atoms with Crippen LogP contribution >= 0.6 is 0 Å². The highest BCUT2D eigenvalue weighted by atomic mass is 19.4. The zero-order valence-electron chi connectivity index (χ0n) is 8.12. The van der Waals surface area contributed by atoms with E-state index in [1.165, 1.54) is 18.2 Å². The van der Waals surface area contributed by atoms with Crippen LogP contribution in [0, 0.1) is 0 Å². The van der Waals surface area contributed by atoms with Gasteiger partial charge in [-0.3, -0.25) is 0 Å². The number of halogens is 3. The van der Waals surface area contributed by atoms with Gasteiger partial charge >= 0.3 is 6.18 Å². The lowest BCUT2D eigenvalue weighted by Gasteiger charge is -2.09. The van der Waals surface area contributed by atoms with Crippen LogP contribution in [-0.2, 0) is 6.18 Å². The zero-order valence-corrected chi connectivity index (χ0v) is 8.12. The van der Waals surface area contributed by atoms with Gasteiger partial charge in [0.2, 0.25) is 0 Å². The molecule has 0 fully saturated rings. The van der Waals surface area contributed by atoms with E-state index in [9.17, 15) is 18.3 Å². The van der Waals surface area contributed by atoms with Crippen LogP contribution in [0.4, 0.5) is 13.2 Å². The number of hydrogen-bond acceptors (Lipinski definition) is 1. The molecule has 1 atom stereocenters. The predicted molar refractivity (Wildman–Crippen MR) is 51.2 cm³/mol. The van der Waals surface area contributed by atoms with Gasteiger partial charge in [0.05, 0.1) is 11.7 Å². The molecule has 1 rings (SSSR count). The first kappa shape index (κ1) is 11.8. The molecular formula is C11H11F3O. The molecule has 4 heteroatoms. The van der Waals surface area contributed by atoms with E-state index in [0.29, 0.717) is 5.56 Å². The Morgan fingerprint density at radius 3 is 2.13 bits per heavy atom. The Hall–Kier alpha value is -1.29. The number of hydrogen-bond donors (Lipinski definition) is 1. The Bertz CT molecular complexity index is 338. The molecule has 0 bridgehead atoms. The summed E-state index contributed by atoms with van der Waals surface area (Å²) in [6, 6.07) is 4.46. The summed E-state index contributed by atoms with van der Waals surface area (Å²) in [6.45, 7) is 1.73. The standard InChI is InChI=1S/C11H11F3O/c1-2-3-10(15)8-4-6-9(7-5-8)11(12,13)14/h2-7,10,15H,1H3/b3-2+. The van der Waals surface area contributed by atoms with Crippen LogP contribution in [0.25, 0.3) is 0 Å². The molecule has 0 aliphatic carbocycles. The lowest BCUT2D eigenvalue weighted by atomic mass is 10.1. The molecule has 0 amide bonds. The summed E-state index contributed by atoms with van der Waals surface area (Å²) in [7, 11) is 0. The second kappa shape index (κ2) is 4.49. The van der Waals surface area contributed by atoms with Gasteiger partial charge in [0, 0.05) is 0 Å². The van der Waals surface area contributed by atoms with Crippen LogP contribution in [0.3, 0.4) is 0 Å². The van der Waals surface area contributed by atoms with Crippen molar-refractivity contribution < 1.29 is 18.3 Å². The average molecular weight is 216 g/mol. The summed E-state index contributed by atoms with van der Waals surface area (Å²) in [5.41, 5.74) is -0.264. The van der Waals surface area contributed by atoms with Gasteiger partial charge in [0.15, 0.2) is 0 Å². The second-order valence-electron chi connectivity index (χ2n) is 3.09. The molecule has 15 heavy (non-hydrogen) atoms. The van der Waals surface area contributed by atoms with Crippen LogP contribution in [0.1, 0.15) is 24.2 Å². The highest BCUT2D eigenvalue weighted by Crippen LogP contribution is 2.29. The Morgan fingerprint density at radius 1 is 1.20 bits per heavy atom. The van der Waals surface area contributed by atoms with Crippen molar-refractivity contribution in [3.63, 3.8) is 0 Å². The molecule has 1 N–H and O–H groups in total. The van der Waals surface area contributed by atoms with E-state index in [1.54, 1.807) is 13.0 Å². The fourth-order valence-electron chi connectivity index (χ4n) is 1.16. The Kier molecular flexibility index (Phi) is 3.52. The van der Waals surface area contributed by atoms with E-state index in [0.717, 1.165) is 12.1 Å². The molecule has 0 heterocycles. The smallest absolute Gasteiger partial charge is 0.384 e. The van der Waals surface area contributed by atoms with Crippen LogP contribution in [0.15, 0.2) is 36.4 Å². The van der Waals surface area contributed by atoms with Gasteiger partial charge in [0.1, 0.15) is 0 Å². The average Bonchev–Trinajstić information content (AvgIpc) is 2.17. The largest absolute Gasteiger partial charge is 0.416 e. The van der Waals surface area contributed by atoms with E-state index in [2.05, 4.69) is 0 Å². The van der Waals surface area contributed by atoms with Crippen molar-refractivity contribution in [3.8, 4) is 0 Å². The molecule has 1 aromatic rings. The van der Waals surface area contributed by atoms with Crippen LogP contribution in [0.5, 0.6) is 0 Å². The fourth-order valence-corrected chi connectivity index (χ4v) is 1.16. The number of aliphatic hydroxyl groups is 1. The monoisotopic (exact) mass is 216 g/mol. The Balaban J connectivity index is 2.90. The highest BCUT2D eigenvalue weighted by molar-refractivity contribution is 5.27. The molecule has 0 aliphatic rings. The van der Waals surface area contributed by atoms with E-state index in [4.69, 9.17) is 0 Å². The maximum atomic E-state index is 12.2.